The molecule has 2 fully saturated rings. The molecule has 0 radical (unpaired) electrons. The molecular formula is C30H38N2O4. The third-order valence-corrected chi connectivity index (χ3v) is 6.24. The van der Waals surface area contributed by atoms with Crippen LogP contribution in [0.2, 0.25) is 0 Å². The quantitative estimate of drug-likeness (QED) is 0.422. The van der Waals surface area contributed by atoms with Gasteiger partial charge in [-0.1, -0.05) is 39.0 Å². The Bertz CT molecular complexity index is 987. The fraction of sp³-hybridized carbons (Fsp3) is 0.400. The molecule has 2 unspecified atom stereocenters. The normalized spacial score (nSPS) is 20.7. The summed E-state index contributed by atoms with van der Waals surface area (Å²) in [6.07, 6.45) is 9.58. The molecule has 2 aliphatic heterocycles. The Labute approximate surface area is 215 Å². The van der Waals surface area contributed by atoms with Gasteiger partial charge in [-0.3, -0.25) is 9.59 Å². The number of carbonyl (C=O) groups excluding carboxylic acids is 2. The Hall–Kier alpha value is -3.56. The molecule has 36 heavy (non-hydrogen) atoms. The summed E-state index contributed by atoms with van der Waals surface area (Å²) >= 11 is 0. The fourth-order valence-electron chi connectivity index (χ4n) is 4.71. The van der Waals surface area contributed by atoms with Gasteiger partial charge in [-0.15, -0.1) is 26.0 Å². The average molecular weight is 491 g/mol. The van der Waals surface area contributed by atoms with Crippen molar-refractivity contribution in [2.75, 3.05) is 13.2 Å². The lowest BCUT2D eigenvalue weighted by atomic mass is 10.0. The van der Waals surface area contributed by atoms with E-state index < -0.39 is 6.04 Å². The highest BCUT2D eigenvalue weighted by Gasteiger charge is 2.47. The summed E-state index contributed by atoms with van der Waals surface area (Å²) in [5.74, 6) is 1.74. The molecule has 0 aromatic heterocycles. The number of amides is 2. The Morgan fingerprint density at radius 3 is 2.31 bits per heavy atom. The number of hydrogen-bond acceptors (Lipinski definition) is 4. The summed E-state index contributed by atoms with van der Waals surface area (Å²) in [4.78, 5) is 28.3. The van der Waals surface area contributed by atoms with E-state index in [1.165, 1.54) is 0 Å². The van der Waals surface area contributed by atoms with Crippen LogP contribution in [-0.4, -0.2) is 48.1 Å². The molecule has 0 bridgehead atoms. The molecule has 1 N–H and O–H groups in total. The first kappa shape index (κ1) is 28.7. The van der Waals surface area contributed by atoms with Gasteiger partial charge in [0.1, 0.15) is 17.5 Å². The highest BCUT2D eigenvalue weighted by molar-refractivity contribution is 5.97. The van der Waals surface area contributed by atoms with Crippen molar-refractivity contribution in [3.8, 4) is 24.3 Å². The van der Waals surface area contributed by atoms with Crippen LogP contribution in [0.4, 0.5) is 0 Å². The third-order valence-electron chi connectivity index (χ3n) is 6.24. The zero-order valence-corrected chi connectivity index (χ0v) is 21.6. The van der Waals surface area contributed by atoms with Crippen molar-refractivity contribution < 1.29 is 19.1 Å². The van der Waals surface area contributed by atoms with Crippen LogP contribution in [-0.2, 0) is 9.53 Å². The van der Waals surface area contributed by atoms with Gasteiger partial charge in [0.05, 0.1) is 12.1 Å². The number of benzene rings is 2. The van der Waals surface area contributed by atoms with Crippen LogP contribution in [0.15, 0.2) is 67.8 Å². The summed E-state index contributed by atoms with van der Waals surface area (Å²) < 4.78 is 11.6. The molecule has 2 aromatic carbocycles. The van der Waals surface area contributed by atoms with Gasteiger partial charge >= 0.3 is 0 Å². The van der Waals surface area contributed by atoms with Gasteiger partial charge in [-0.25, -0.2) is 0 Å². The number of carbonyl (C=O) groups is 2. The van der Waals surface area contributed by atoms with E-state index in [9.17, 15) is 9.59 Å². The van der Waals surface area contributed by atoms with Gasteiger partial charge in [-0.05, 0) is 55.2 Å². The highest BCUT2D eigenvalue weighted by atomic mass is 16.5. The lowest BCUT2D eigenvalue weighted by Gasteiger charge is -2.29. The molecule has 4 rings (SSSR count). The summed E-state index contributed by atoms with van der Waals surface area (Å²) in [7, 11) is 0. The SMILES string of the molecule is C#C.C=C.CC(C)C[C@H](NC(=O)c1ccc(Oc2ccccc2)cc1)C(=O)N1CC(C)C2OCC[C@H]21. The predicted octanol–water partition coefficient (Wildman–Crippen LogP) is 5.31. The van der Waals surface area contributed by atoms with Gasteiger partial charge in [0.2, 0.25) is 5.91 Å². The maximum atomic E-state index is 13.4. The summed E-state index contributed by atoms with van der Waals surface area (Å²) in [5.41, 5.74) is 0.504. The Morgan fingerprint density at radius 1 is 1.08 bits per heavy atom. The van der Waals surface area contributed by atoms with E-state index >= 15 is 0 Å². The summed E-state index contributed by atoms with van der Waals surface area (Å²) in [5, 5.41) is 2.99. The number of rotatable bonds is 7. The Morgan fingerprint density at radius 2 is 1.69 bits per heavy atom. The second-order valence-electron chi connectivity index (χ2n) is 9.25. The number of nitrogens with zero attached hydrogens (tertiary/aromatic N) is 1. The van der Waals surface area contributed by atoms with Crippen LogP contribution in [0.1, 0.15) is 44.0 Å². The van der Waals surface area contributed by atoms with Crippen molar-refractivity contribution in [2.45, 2.75) is 51.8 Å². The van der Waals surface area contributed by atoms with Gasteiger partial charge in [0, 0.05) is 24.6 Å². The molecule has 2 aliphatic rings. The summed E-state index contributed by atoms with van der Waals surface area (Å²) in [6, 6.07) is 16.1. The fourth-order valence-corrected chi connectivity index (χ4v) is 4.71. The molecule has 6 nitrogen and oxygen atoms in total. The molecule has 0 aliphatic carbocycles. The molecule has 6 heteroatoms. The number of terminal acetylenes is 1. The minimum Gasteiger partial charge on any atom is -0.457 e. The zero-order valence-electron chi connectivity index (χ0n) is 21.6. The van der Waals surface area contributed by atoms with Gasteiger partial charge < -0.3 is 19.7 Å². The molecule has 2 saturated heterocycles. The Balaban J connectivity index is 0.00000109. The number of nitrogens with one attached hydrogen (secondary N) is 1. The smallest absolute Gasteiger partial charge is 0.251 e. The van der Waals surface area contributed by atoms with Crippen molar-refractivity contribution >= 4 is 11.8 Å². The molecule has 2 aromatic rings. The maximum absolute atomic E-state index is 13.4. The van der Waals surface area contributed by atoms with E-state index in [0.29, 0.717) is 36.8 Å². The van der Waals surface area contributed by atoms with E-state index in [0.717, 1.165) is 12.2 Å². The molecule has 2 heterocycles. The average Bonchev–Trinajstić information content (AvgIpc) is 3.50. The first-order valence-electron chi connectivity index (χ1n) is 12.3. The summed E-state index contributed by atoms with van der Waals surface area (Å²) in [6.45, 7) is 13.6. The number of para-hydroxylation sites is 1. The topological polar surface area (TPSA) is 67.9 Å². The van der Waals surface area contributed by atoms with Crippen LogP contribution in [0.25, 0.3) is 0 Å². The van der Waals surface area contributed by atoms with Crippen LogP contribution in [0.3, 0.4) is 0 Å². The van der Waals surface area contributed by atoms with Crippen molar-refractivity contribution in [1.82, 2.24) is 10.2 Å². The van der Waals surface area contributed by atoms with E-state index in [1.54, 1.807) is 24.3 Å². The van der Waals surface area contributed by atoms with Gasteiger partial charge in [0.25, 0.3) is 5.91 Å². The van der Waals surface area contributed by atoms with E-state index in [2.05, 4.69) is 52.1 Å². The second kappa shape index (κ2) is 14.1. The lowest BCUT2D eigenvalue weighted by Crippen LogP contribution is -2.51. The zero-order chi connectivity index (χ0) is 26.7. The van der Waals surface area contributed by atoms with Crippen molar-refractivity contribution in [1.29, 1.82) is 0 Å². The minimum absolute atomic E-state index is 0.000862. The molecule has 0 spiro atoms. The van der Waals surface area contributed by atoms with E-state index in [1.807, 2.05) is 35.2 Å². The second-order valence-corrected chi connectivity index (χ2v) is 9.25. The Kier molecular flexibility index (Phi) is 11.2. The molecule has 2 amide bonds. The van der Waals surface area contributed by atoms with E-state index in [-0.39, 0.29) is 29.9 Å². The van der Waals surface area contributed by atoms with Gasteiger partial charge in [-0.2, -0.15) is 0 Å². The first-order chi connectivity index (χ1) is 17.4. The number of ether oxygens (including phenoxy) is 2. The maximum Gasteiger partial charge on any atom is 0.251 e. The van der Waals surface area contributed by atoms with Crippen molar-refractivity contribution in [3.63, 3.8) is 0 Å². The van der Waals surface area contributed by atoms with Gasteiger partial charge in [0.15, 0.2) is 0 Å². The lowest BCUT2D eigenvalue weighted by molar-refractivity contribution is -0.134. The predicted molar refractivity (Wildman–Crippen MR) is 144 cm³/mol. The van der Waals surface area contributed by atoms with Crippen LogP contribution in [0, 0.1) is 24.7 Å². The molecular weight excluding hydrogens is 452 g/mol. The van der Waals surface area contributed by atoms with Crippen molar-refractivity contribution in [3.05, 3.63) is 73.3 Å². The number of fused-ring (bicyclic) bond motifs is 1. The largest absolute Gasteiger partial charge is 0.457 e. The first-order valence-corrected chi connectivity index (χ1v) is 12.3. The minimum atomic E-state index is -0.547. The van der Waals surface area contributed by atoms with Crippen molar-refractivity contribution in [2.24, 2.45) is 11.8 Å². The van der Waals surface area contributed by atoms with Crippen LogP contribution < -0.4 is 10.1 Å². The van der Waals surface area contributed by atoms with Crippen LogP contribution in [0.5, 0.6) is 11.5 Å². The van der Waals surface area contributed by atoms with Crippen LogP contribution >= 0.6 is 0 Å². The monoisotopic (exact) mass is 490 g/mol. The number of hydrogen-bond donors (Lipinski definition) is 1. The third kappa shape index (κ3) is 7.22. The molecule has 192 valence electrons. The molecule has 0 saturated carbocycles. The van der Waals surface area contributed by atoms with E-state index in [4.69, 9.17) is 9.47 Å². The molecule has 4 atom stereocenters. The highest BCUT2D eigenvalue weighted by Crippen LogP contribution is 2.34. The standard InChI is InChI=1S/C26H32N2O4.C2H4.C2H2/c1-17(2)15-22(26(30)28-16-18(3)24-23(28)13-14-31-24)27-25(29)19-9-11-21(12-10-19)32-20-7-5-4-6-8-20;2*1-2/h4-12,17-18,22-24H,13-16H2,1-3H3,(H,27,29);1-2H2;1-2H/t18?,22-,23+,24?;;/m0../s1. The number of likely N-dealkylation sites (tertiary alicyclic amines) is 1.